The fourth-order valence-electron chi connectivity index (χ4n) is 1.35. The Kier molecular flexibility index (Phi) is 5.06. The van der Waals surface area contributed by atoms with Gasteiger partial charge in [-0.2, -0.15) is 13.1 Å². The van der Waals surface area contributed by atoms with Gasteiger partial charge >= 0.3 is 16.2 Å². The molecule has 0 atom stereocenters. The first-order valence-corrected chi connectivity index (χ1v) is 7.86. The van der Waals surface area contributed by atoms with Gasteiger partial charge < -0.3 is 5.11 Å². The minimum atomic E-state index is -4.10. The number of benzene rings is 1. The number of halogens is 1. The second kappa shape index (κ2) is 6.02. The number of hydrogen-bond acceptors (Lipinski definition) is 3. The summed E-state index contributed by atoms with van der Waals surface area (Å²) in [5.74, 6) is -1.41. The average Bonchev–Trinajstić information content (AvgIpc) is 2.23. The van der Waals surface area contributed by atoms with Crippen molar-refractivity contribution in [1.82, 2.24) is 4.72 Å². The maximum atomic E-state index is 11.8. The number of hydrogen-bond donors (Lipinski definition) is 2. The Balaban J connectivity index is 3.24. The highest BCUT2D eigenvalue weighted by molar-refractivity contribution is 9.10. The van der Waals surface area contributed by atoms with E-state index in [2.05, 4.69) is 25.0 Å². The highest BCUT2D eigenvalue weighted by atomic mass is 79.9. The number of carboxylic acids is 1. The standard InChI is InChI=1S/C12H15BrN2O4S/c1-12(2,3)15-20(18,19)14-10(11(16)17)8-4-6-9(13)7-5-8/h4-7,15H,1-3H3,(H,16,17)/b14-10-. The third-order valence-corrected chi connectivity index (χ3v) is 3.79. The van der Waals surface area contributed by atoms with Crippen LogP contribution >= 0.6 is 15.9 Å². The van der Waals surface area contributed by atoms with Crippen molar-refractivity contribution in [3.63, 3.8) is 0 Å². The van der Waals surface area contributed by atoms with Gasteiger partial charge in [0.2, 0.25) is 0 Å². The van der Waals surface area contributed by atoms with E-state index < -0.39 is 27.4 Å². The van der Waals surface area contributed by atoms with Crippen LogP contribution in [0.2, 0.25) is 0 Å². The van der Waals surface area contributed by atoms with Crippen molar-refractivity contribution in [2.45, 2.75) is 26.3 Å². The van der Waals surface area contributed by atoms with Crippen LogP contribution in [0.25, 0.3) is 0 Å². The zero-order chi connectivity index (χ0) is 15.6. The second-order valence-electron chi connectivity index (χ2n) is 5.08. The van der Waals surface area contributed by atoms with Crippen molar-refractivity contribution >= 4 is 37.8 Å². The minimum Gasteiger partial charge on any atom is -0.476 e. The molecule has 8 heteroatoms. The highest BCUT2D eigenvalue weighted by Gasteiger charge is 2.22. The van der Waals surface area contributed by atoms with E-state index in [9.17, 15) is 13.2 Å². The van der Waals surface area contributed by atoms with Gasteiger partial charge in [0.1, 0.15) is 0 Å². The molecule has 0 heterocycles. The van der Waals surface area contributed by atoms with Gasteiger partial charge in [0.25, 0.3) is 0 Å². The van der Waals surface area contributed by atoms with Gasteiger partial charge in [-0.25, -0.2) is 4.79 Å². The molecule has 0 amide bonds. The lowest BCUT2D eigenvalue weighted by Gasteiger charge is -2.18. The topological polar surface area (TPSA) is 95.8 Å². The normalized spacial score (nSPS) is 13.3. The van der Waals surface area contributed by atoms with Crippen LogP contribution in [0, 0.1) is 0 Å². The monoisotopic (exact) mass is 362 g/mol. The third kappa shape index (κ3) is 5.40. The Morgan fingerprint density at radius 1 is 1.25 bits per heavy atom. The van der Waals surface area contributed by atoms with Crippen molar-refractivity contribution < 1.29 is 18.3 Å². The molecule has 2 N–H and O–H groups in total. The van der Waals surface area contributed by atoms with E-state index in [0.717, 1.165) is 4.47 Å². The molecule has 0 aliphatic rings. The zero-order valence-electron chi connectivity index (χ0n) is 11.2. The van der Waals surface area contributed by atoms with E-state index in [1.165, 1.54) is 12.1 Å². The molecular weight excluding hydrogens is 348 g/mol. The molecule has 0 spiro atoms. The van der Waals surface area contributed by atoms with E-state index >= 15 is 0 Å². The van der Waals surface area contributed by atoms with Gasteiger partial charge in [0.05, 0.1) is 0 Å². The van der Waals surface area contributed by atoms with E-state index in [1.807, 2.05) is 0 Å². The minimum absolute atomic E-state index is 0.208. The van der Waals surface area contributed by atoms with Crippen molar-refractivity contribution in [3.05, 3.63) is 34.3 Å². The Morgan fingerprint density at radius 2 is 1.75 bits per heavy atom. The average molecular weight is 363 g/mol. The predicted octanol–water partition coefficient (Wildman–Crippen LogP) is 1.96. The lowest BCUT2D eigenvalue weighted by Crippen LogP contribution is -2.40. The maximum Gasteiger partial charge on any atom is 0.356 e. The smallest absolute Gasteiger partial charge is 0.356 e. The highest BCUT2D eigenvalue weighted by Crippen LogP contribution is 2.13. The Labute approximate surface area is 126 Å². The number of carboxylic acid groups (broad SMARTS) is 1. The molecule has 1 aromatic carbocycles. The van der Waals surface area contributed by atoms with E-state index in [1.54, 1.807) is 32.9 Å². The van der Waals surface area contributed by atoms with Crippen molar-refractivity contribution in [1.29, 1.82) is 0 Å². The molecule has 0 aliphatic heterocycles. The fourth-order valence-corrected chi connectivity index (χ4v) is 2.86. The first kappa shape index (κ1) is 16.8. The summed E-state index contributed by atoms with van der Waals surface area (Å²) in [4.78, 5) is 11.2. The molecule has 20 heavy (non-hydrogen) atoms. The van der Waals surface area contributed by atoms with Gasteiger partial charge in [-0.15, -0.1) is 4.40 Å². The van der Waals surface area contributed by atoms with E-state index in [-0.39, 0.29) is 5.56 Å². The van der Waals surface area contributed by atoms with Crippen LogP contribution in [-0.2, 0) is 15.0 Å². The molecule has 0 bridgehead atoms. The SMILES string of the molecule is CC(C)(C)NS(=O)(=O)/N=C(\C(=O)O)c1ccc(Br)cc1. The Morgan fingerprint density at radius 3 is 2.15 bits per heavy atom. The summed E-state index contributed by atoms with van der Waals surface area (Å²) < 4.78 is 30.0. The lowest BCUT2D eigenvalue weighted by molar-refractivity contribution is -0.129. The van der Waals surface area contributed by atoms with E-state index in [0.29, 0.717) is 0 Å². The summed E-state index contributed by atoms with van der Waals surface area (Å²) >= 11 is 3.21. The molecule has 1 rings (SSSR count). The Bertz CT molecular complexity index is 630. The molecule has 0 radical (unpaired) electrons. The number of rotatable bonds is 4. The van der Waals surface area contributed by atoms with Crippen LogP contribution in [0.3, 0.4) is 0 Å². The van der Waals surface area contributed by atoms with Crippen LogP contribution in [0.15, 0.2) is 33.1 Å². The number of aliphatic carboxylic acids is 1. The van der Waals surface area contributed by atoms with Crippen LogP contribution < -0.4 is 4.72 Å². The van der Waals surface area contributed by atoms with Gasteiger partial charge in [0, 0.05) is 15.6 Å². The van der Waals surface area contributed by atoms with Gasteiger partial charge in [0.15, 0.2) is 5.71 Å². The summed E-state index contributed by atoms with van der Waals surface area (Å²) in [5.41, 5.74) is -1.07. The van der Waals surface area contributed by atoms with Crippen molar-refractivity contribution in [2.75, 3.05) is 0 Å². The largest absolute Gasteiger partial charge is 0.476 e. The molecule has 110 valence electrons. The molecule has 0 saturated carbocycles. The van der Waals surface area contributed by atoms with Crippen LogP contribution in [-0.4, -0.2) is 30.7 Å². The predicted molar refractivity (Wildman–Crippen MR) is 80.1 cm³/mol. The van der Waals surface area contributed by atoms with E-state index in [4.69, 9.17) is 5.11 Å². The van der Waals surface area contributed by atoms with Gasteiger partial charge in [-0.1, -0.05) is 28.1 Å². The third-order valence-electron chi connectivity index (χ3n) is 1.97. The van der Waals surface area contributed by atoms with Gasteiger partial charge in [-0.05, 0) is 32.9 Å². The van der Waals surface area contributed by atoms with Crippen molar-refractivity contribution in [2.24, 2.45) is 4.40 Å². The molecule has 6 nitrogen and oxygen atoms in total. The van der Waals surface area contributed by atoms with Crippen LogP contribution in [0.4, 0.5) is 0 Å². The van der Waals surface area contributed by atoms with Crippen LogP contribution in [0.1, 0.15) is 26.3 Å². The summed E-state index contributed by atoms with van der Waals surface area (Å²) in [6.45, 7) is 4.92. The van der Waals surface area contributed by atoms with Crippen molar-refractivity contribution in [3.8, 4) is 0 Å². The molecule has 0 unspecified atom stereocenters. The molecule has 1 aromatic rings. The molecule has 0 aliphatic carbocycles. The van der Waals surface area contributed by atoms with Crippen LogP contribution in [0.5, 0.6) is 0 Å². The molecule has 0 fully saturated rings. The number of nitrogens with zero attached hydrogens (tertiary/aromatic N) is 1. The number of nitrogens with one attached hydrogen (secondary N) is 1. The second-order valence-corrected chi connectivity index (χ2v) is 7.33. The summed E-state index contributed by atoms with van der Waals surface area (Å²) in [6, 6.07) is 6.17. The summed E-state index contributed by atoms with van der Waals surface area (Å²) in [5, 5.41) is 9.12. The lowest BCUT2D eigenvalue weighted by atomic mass is 10.1. The number of carbonyl (C=O) groups is 1. The Hall–Kier alpha value is -1.25. The first-order valence-electron chi connectivity index (χ1n) is 5.63. The molecule has 0 saturated heterocycles. The molecular formula is C12H15BrN2O4S. The fraction of sp³-hybridized carbons (Fsp3) is 0.333. The quantitative estimate of drug-likeness (QED) is 0.800. The zero-order valence-corrected chi connectivity index (χ0v) is 13.6. The van der Waals surface area contributed by atoms with Gasteiger partial charge in [-0.3, -0.25) is 0 Å². The summed E-state index contributed by atoms with van der Waals surface area (Å²) in [7, 11) is -4.10. The summed E-state index contributed by atoms with van der Waals surface area (Å²) in [6.07, 6.45) is 0. The molecule has 0 aromatic heterocycles. The maximum absolute atomic E-state index is 11.8. The first-order chi connectivity index (χ1) is 9.00.